The number of nitrogens with zero attached hydrogens (tertiary/aromatic N) is 1. The van der Waals surface area contributed by atoms with Gasteiger partial charge in [-0.25, -0.2) is 0 Å². The Morgan fingerprint density at radius 1 is 1.43 bits per heavy atom. The molecule has 0 bridgehead atoms. The molecular weight excluding hydrogens is 213 g/mol. The normalized spacial score (nSPS) is 16.0. The Labute approximate surface area is 85.6 Å². The second kappa shape index (κ2) is 6.14. The molecule has 14 heavy (non-hydrogen) atoms. The van der Waals surface area contributed by atoms with E-state index in [1.807, 2.05) is 6.92 Å². The first-order valence-electron chi connectivity index (χ1n) is 4.16. The Bertz CT molecular complexity index is 200. The summed E-state index contributed by atoms with van der Waals surface area (Å²) in [6.45, 7) is 2.32. The summed E-state index contributed by atoms with van der Waals surface area (Å²) in [5.41, 5.74) is 5.31. The minimum atomic E-state index is -4.41. The highest BCUT2D eigenvalue weighted by molar-refractivity contribution is 7.99. The standard InChI is InChI=1S/C8H13F3N2S/c1-6(2-12)4-14-5-7(3-13)8(9,10)11/h6-7H,2,4-5,12H2,1H3. The Balaban J connectivity index is 3.82. The lowest BCUT2D eigenvalue weighted by atomic mass is 10.2. The van der Waals surface area contributed by atoms with E-state index in [0.717, 1.165) is 11.8 Å². The van der Waals surface area contributed by atoms with Crippen LogP contribution in [-0.4, -0.2) is 24.2 Å². The first kappa shape index (κ1) is 13.6. The molecule has 0 spiro atoms. The highest BCUT2D eigenvalue weighted by Crippen LogP contribution is 2.28. The summed E-state index contributed by atoms with van der Waals surface area (Å²) in [6, 6.07) is 1.26. The first-order valence-corrected chi connectivity index (χ1v) is 5.31. The van der Waals surface area contributed by atoms with Crippen LogP contribution in [0.3, 0.4) is 0 Å². The molecule has 0 saturated heterocycles. The van der Waals surface area contributed by atoms with Crippen LogP contribution in [0.2, 0.25) is 0 Å². The third kappa shape index (κ3) is 5.35. The van der Waals surface area contributed by atoms with E-state index in [9.17, 15) is 13.2 Å². The zero-order chi connectivity index (χ0) is 11.2. The Kier molecular flexibility index (Phi) is 5.96. The molecule has 0 aliphatic carbocycles. The maximum atomic E-state index is 12.1. The minimum Gasteiger partial charge on any atom is -0.330 e. The molecule has 0 aliphatic heterocycles. The van der Waals surface area contributed by atoms with Crippen molar-refractivity contribution in [1.29, 1.82) is 5.26 Å². The maximum absolute atomic E-state index is 12.1. The van der Waals surface area contributed by atoms with Crippen molar-refractivity contribution in [2.24, 2.45) is 17.6 Å². The molecule has 0 fully saturated rings. The zero-order valence-electron chi connectivity index (χ0n) is 7.84. The monoisotopic (exact) mass is 226 g/mol. The number of rotatable bonds is 5. The Hall–Kier alpha value is -0.410. The van der Waals surface area contributed by atoms with Crippen LogP contribution in [0.4, 0.5) is 13.2 Å². The molecule has 0 aromatic heterocycles. The summed E-state index contributed by atoms with van der Waals surface area (Å²) >= 11 is 1.12. The molecule has 2 nitrogen and oxygen atoms in total. The van der Waals surface area contributed by atoms with Gasteiger partial charge in [0, 0.05) is 5.75 Å². The Morgan fingerprint density at radius 2 is 2.00 bits per heavy atom. The lowest BCUT2D eigenvalue weighted by molar-refractivity contribution is -0.152. The molecule has 6 heteroatoms. The van der Waals surface area contributed by atoms with Gasteiger partial charge in [-0.3, -0.25) is 0 Å². The number of nitrogens with two attached hydrogens (primary N) is 1. The van der Waals surface area contributed by atoms with E-state index in [0.29, 0.717) is 12.3 Å². The lowest BCUT2D eigenvalue weighted by Gasteiger charge is -2.13. The molecule has 0 rings (SSSR count). The van der Waals surface area contributed by atoms with E-state index >= 15 is 0 Å². The number of thioether (sulfide) groups is 1. The van der Waals surface area contributed by atoms with E-state index in [-0.39, 0.29) is 11.7 Å². The van der Waals surface area contributed by atoms with Crippen LogP contribution in [0.5, 0.6) is 0 Å². The fourth-order valence-electron chi connectivity index (χ4n) is 0.660. The first-order chi connectivity index (χ1) is 6.41. The smallest absolute Gasteiger partial charge is 0.330 e. The van der Waals surface area contributed by atoms with Crippen LogP contribution in [0.15, 0.2) is 0 Å². The van der Waals surface area contributed by atoms with Crippen molar-refractivity contribution in [3.05, 3.63) is 0 Å². The van der Waals surface area contributed by atoms with Crippen LogP contribution in [0.1, 0.15) is 6.92 Å². The van der Waals surface area contributed by atoms with Crippen LogP contribution < -0.4 is 5.73 Å². The van der Waals surface area contributed by atoms with Crippen molar-refractivity contribution in [3.8, 4) is 6.07 Å². The van der Waals surface area contributed by atoms with Crippen molar-refractivity contribution >= 4 is 11.8 Å². The van der Waals surface area contributed by atoms with Gasteiger partial charge in [-0.2, -0.15) is 30.2 Å². The number of nitriles is 1. The predicted molar refractivity (Wildman–Crippen MR) is 50.7 cm³/mol. The highest BCUT2D eigenvalue weighted by atomic mass is 32.2. The van der Waals surface area contributed by atoms with E-state index < -0.39 is 12.1 Å². The molecule has 0 aliphatic rings. The summed E-state index contributed by atoms with van der Waals surface area (Å²) in [6.07, 6.45) is -4.41. The van der Waals surface area contributed by atoms with Crippen LogP contribution in [-0.2, 0) is 0 Å². The maximum Gasteiger partial charge on any atom is 0.405 e. The van der Waals surface area contributed by atoms with Crippen molar-refractivity contribution in [2.45, 2.75) is 13.1 Å². The van der Waals surface area contributed by atoms with Gasteiger partial charge in [0.25, 0.3) is 0 Å². The van der Waals surface area contributed by atoms with Crippen molar-refractivity contribution in [3.63, 3.8) is 0 Å². The molecule has 2 N–H and O–H groups in total. The molecule has 0 saturated carbocycles. The van der Waals surface area contributed by atoms with Gasteiger partial charge in [-0.1, -0.05) is 6.92 Å². The highest BCUT2D eigenvalue weighted by Gasteiger charge is 2.39. The van der Waals surface area contributed by atoms with Gasteiger partial charge < -0.3 is 5.73 Å². The predicted octanol–water partition coefficient (Wildman–Crippen LogP) is 2.02. The van der Waals surface area contributed by atoms with Gasteiger partial charge in [0.1, 0.15) is 0 Å². The van der Waals surface area contributed by atoms with Gasteiger partial charge in [-0.05, 0) is 18.2 Å². The van der Waals surface area contributed by atoms with Crippen molar-refractivity contribution < 1.29 is 13.2 Å². The quantitative estimate of drug-likeness (QED) is 0.780. The van der Waals surface area contributed by atoms with E-state index in [1.165, 1.54) is 6.07 Å². The SMILES string of the molecule is CC(CN)CSCC(C#N)C(F)(F)F. The van der Waals surface area contributed by atoms with E-state index in [2.05, 4.69) is 0 Å². The third-order valence-electron chi connectivity index (χ3n) is 1.64. The molecular formula is C8H13F3N2S. The summed E-state index contributed by atoms with van der Waals surface area (Å²) < 4.78 is 36.2. The molecule has 2 atom stereocenters. The second-order valence-electron chi connectivity index (χ2n) is 3.10. The van der Waals surface area contributed by atoms with Crippen molar-refractivity contribution in [2.75, 3.05) is 18.1 Å². The molecule has 0 amide bonds. The topological polar surface area (TPSA) is 49.8 Å². The van der Waals surface area contributed by atoms with E-state index in [4.69, 9.17) is 11.0 Å². The zero-order valence-corrected chi connectivity index (χ0v) is 8.66. The molecule has 0 aromatic carbocycles. The van der Waals surface area contributed by atoms with Crippen molar-refractivity contribution in [1.82, 2.24) is 0 Å². The Morgan fingerprint density at radius 3 is 2.36 bits per heavy atom. The lowest BCUT2D eigenvalue weighted by Crippen LogP contribution is -2.24. The van der Waals surface area contributed by atoms with Gasteiger partial charge in [-0.15, -0.1) is 0 Å². The van der Waals surface area contributed by atoms with Crippen LogP contribution >= 0.6 is 11.8 Å². The van der Waals surface area contributed by atoms with E-state index in [1.54, 1.807) is 0 Å². The number of halogens is 3. The molecule has 82 valence electrons. The average molecular weight is 226 g/mol. The van der Waals surface area contributed by atoms with Gasteiger partial charge in [0.2, 0.25) is 0 Å². The molecule has 2 unspecified atom stereocenters. The molecule has 0 aromatic rings. The summed E-state index contributed by atoms with van der Waals surface area (Å²) in [7, 11) is 0. The third-order valence-corrected chi connectivity index (χ3v) is 3.01. The largest absolute Gasteiger partial charge is 0.405 e. The number of hydrogen-bond acceptors (Lipinski definition) is 3. The summed E-state index contributed by atoms with van der Waals surface area (Å²) in [4.78, 5) is 0. The van der Waals surface area contributed by atoms with Gasteiger partial charge >= 0.3 is 6.18 Å². The fourth-order valence-corrected chi connectivity index (χ4v) is 1.83. The number of hydrogen-bond donors (Lipinski definition) is 1. The second-order valence-corrected chi connectivity index (χ2v) is 4.18. The molecule has 0 heterocycles. The summed E-state index contributed by atoms with van der Waals surface area (Å²) in [5.74, 6) is -1.32. The fraction of sp³-hybridized carbons (Fsp3) is 0.875. The van der Waals surface area contributed by atoms with Gasteiger partial charge in [0.15, 0.2) is 5.92 Å². The summed E-state index contributed by atoms with van der Waals surface area (Å²) in [5, 5.41) is 8.28. The molecule has 0 radical (unpaired) electrons. The van der Waals surface area contributed by atoms with Crippen LogP contribution in [0, 0.1) is 23.2 Å². The number of alkyl halides is 3. The average Bonchev–Trinajstić information content (AvgIpc) is 2.09. The van der Waals surface area contributed by atoms with Crippen LogP contribution in [0.25, 0.3) is 0 Å². The minimum absolute atomic E-state index is 0.188. The van der Waals surface area contributed by atoms with Gasteiger partial charge in [0.05, 0.1) is 6.07 Å².